The summed E-state index contributed by atoms with van der Waals surface area (Å²) >= 11 is 0. The Balaban J connectivity index is 1.94. The molecule has 1 N–H and O–H groups in total. The van der Waals surface area contributed by atoms with Gasteiger partial charge in [0, 0.05) is 32.0 Å². The molecule has 2 heterocycles. The number of rotatable bonds is 4. The monoisotopic (exact) mass is 233 g/mol. The van der Waals surface area contributed by atoms with E-state index in [0.29, 0.717) is 5.41 Å². The van der Waals surface area contributed by atoms with E-state index in [9.17, 15) is 0 Å². The molecule has 0 bridgehead atoms. The van der Waals surface area contributed by atoms with Gasteiger partial charge >= 0.3 is 0 Å². The van der Waals surface area contributed by atoms with E-state index in [4.69, 9.17) is 0 Å². The Kier molecular flexibility index (Phi) is 3.79. The first-order chi connectivity index (χ1) is 8.11. The minimum absolute atomic E-state index is 0.437. The Hall–Kier alpha value is -0.930. The molecule has 1 aliphatic heterocycles. The third-order valence-corrected chi connectivity index (χ3v) is 3.58. The fourth-order valence-electron chi connectivity index (χ4n) is 2.79. The molecule has 0 aliphatic carbocycles. The second kappa shape index (κ2) is 5.15. The molecule has 1 atom stereocenters. The Morgan fingerprint density at radius 2 is 2.29 bits per heavy atom. The van der Waals surface area contributed by atoms with E-state index in [1.165, 1.54) is 30.6 Å². The first kappa shape index (κ1) is 12.5. The maximum absolute atomic E-state index is 4.26. The molecule has 3 heteroatoms. The lowest BCUT2D eigenvalue weighted by Crippen LogP contribution is -2.32. The second-order valence-corrected chi connectivity index (χ2v) is 5.67. The lowest BCUT2D eigenvalue weighted by atomic mass is 9.90. The topological polar surface area (TPSA) is 28.2 Å². The van der Waals surface area contributed by atoms with E-state index in [2.05, 4.69) is 35.1 Å². The van der Waals surface area contributed by atoms with Crippen molar-refractivity contribution >= 4 is 0 Å². The van der Waals surface area contributed by atoms with Crippen molar-refractivity contribution < 1.29 is 0 Å². The zero-order valence-corrected chi connectivity index (χ0v) is 11.2. The molecule has 0 saturated carbocycles. The van der Waals surface area contributed by atoms with Gasteiger partial charge in [0.1, 0.15) is 0 Å². The lowest BCUT2D eigenvalue weighted by molar-refractivity contribution is 0.265. The van der Waals surface area contributed by atoms with Crippen LogP contribution in [0.3, 0.4) is 0 Å². The molecule has 17 heavy (non-hydrogen) atoms. The summed E-state index contributed by atoms with van der Waals surface area (Å²) in [6.45, 7) is 9.00. The standard InChI is InChI=1S/C14H23N3/c1-12-6-13(8-16-7-12)9-17-5-4-14(2,11-17)10-15-3/h6-8,15H,4-5,9-11H2,1-3H3. The molecule has 1 saturated heterocycles. The highest BCUT2D eigenvalue weighted by molar-refractivity contribution is 5.16. The zero-order chi connectivity index (χ0) is 12.3. The van der Waals surface area contributed by atoms with Gasteiger partial charge in [0.15, 0.2) is 0 Å². The SMILES string of the molecule is CNCC1(C)CCN(Cc2cncc(C)c2)C1. The van der Waals surface area contributed by atoms with Crippen LogP contribution in [0.2, 0.25) is 0 Å². The molecule has 3 nitrogen and oxygen atoms in total. The molecule has 1 aliphatic rings. The molecule has 0 radical (unpaired) electrons. The van der Waals surface area contributed by atoms with Crippen LogP contribution in [0.1, 0.15) is 24.5 Å². The fraction of sp³-hybridized carbons (Fsp3) is 0.643. The van der Waals surface area contributed by atoms with Gasteiger partial charge in [-0.25, -0.2) is 0 Å². The van der Waals surface area contributed by atoms with Crippen molar-refractivity contribution in [1.29, 1.82) is 0 Å². The molecular weight excluding hydrogens is 210 g/mol. The molecule has 94 valence electrons. The molecule has 0 aromatic carbocycles. The van der Waals surface area contributed by atoms with Crippen molar-refractivity contribution in [3.05, 3.63) is 29.6 Å². The van der Waals surface area contributed by atoms with Crippen LogP contribution in [-0.2, 0) is 6.54 Å². The number of pyridine rings is 1. The summed E-state index contributed by atoms with van der Waals surface area (Å²) in [7, 11) is 2.04. The summed E-state index contributed by atoms with van der Waals surface area (Å²) in [6.07, 6.45) is 5.19. The molecule has 1 aromatic heterocycles. The van der Waals surface area contributed by atoms with Gasteiger partial charge in [-0.05, 0) is 43.5 Å². The van der Waals surface area contributed by atoms with Gasteiger partial charge in [-0.3, -0.25) is 9.88 Å². The van der Waals surface area contributed by atoms with Crippen LogP contribution >= 0.6 is 0 Å². The van der Waals surface area contributed by atoms with Crippen molar-refractivity contribution in [2.75, 3.05) is 26.7 Å². The highest BCUT2D eigenvalue weighted by Gasteiger charge is 2.32. The average molecular weight is 233 g/mol. The average Bonchev–Trinajstić information content (AvgIpc) is 2.60. The van der Waals surface area contributed by atoms with E-state index in [1.807, 2.05) is 19.4 Å². The van der Waals surface area contributed by atoms with Crippen LogP contribution in [0.5, 0.6) is 0 Å². The first-order valence-electron chi connectivity index (χ1n) is 6.39. The van der Waals surface area contributed by atoms with Gasteiger partial charge < -0.3 is 5.32 Å². The normalized spacial score (nSPS) is 25.4. The summed E-state index contributed by atoms with van der Waals surface area (Å²) in [6, 6.07) is 2.24. The van der Waals surface area contributed by atoms with Gasteiger partial charge in [0.2, 0.25) is 0 Å². The number of hydrogen-bond acceptors (Lipinski definition) is 3. The van der Waals surface area contributed by atoms with Crippen LogP contribution in [0.4, 0.5) is 0 Å². The number of nitrogens with zero attached hydrogens (tertiary/aromatic N) is 2. The third kappa shape index (κ3) is 3.27. The minimum Gasteiger partial charge on any atom is -0.319 e. The van der Waals surface area contributed by atoms with Crippen molar-refractivity contribution in [3.8, 4) is 0 Å². The van der Waals surface area contributed by atoms with Gasteiger partial charge in [0.05, 0.1) is 0 Å². The largest absolute Gasteiger partial charge is 0.319 e. The van der Waals surface area contributed by atoms with Crippen molar-refractivity contribution in [3.63, 3.8) is 0 Å². The number of hydrogen-bond donors (Lipinski definition) is 1. The van der Waals surface area contributed by atoms with Crippen LogP contribution < -0.4 is 5.32 Å². The van der Waals surface area contributed by atoms with Gasteiger partial charge in [-0.1, -0.05) is 13.0 Å². The van der Waals surface area contributed by atoms with Crippen molar-refractivity contribution in [2.45, 2.75) is 26.8 Å². The van der Waals surface area contributed by atoms with E-state index in [-0.39, 0.29) is 0 Å². The minimum atomic E-state index is 0.437. The summed E-state index contributed by atoms with van der Waals surface area (Å²) in [5.41, 5.74) is 3.02. The first-order valence-corrected chi connectivity index (χ1v) is 6.39. The van der Waals surface area contributed by atoms with E-state index < -0.39 is 0 Å². The van der Waals surface area contributed by atoms with Crippen LogP contribution in [0.25, 0.3) is 0 Å². The highest BCUT2D eigenvalue weighted by atomic mass is 15.2. The van der Waals surface area contributed by atoms with E-state index in [1.54, 1.807) is 0 Å². The smallest absolute Gasteiger partial charge is 0.0313 e. The molecule has 1 unspecified atom stereocenters. The Bertz CT molecular complexity index is 377. The van der Waals surface area contributed by atoms with Gasteiger partial charge in [-0.2, -0.15) is 0 Å². The number of nitrogens with one attached hydrogen (secondary N) is 1. The summed E-state index contributed by atoms with van der Waals surface area (Å²) < 4.78 is 0. The maximum Gasteiger partial charge on any atom is 0.0313 e. The van der Waals surface area contributed by atoms with Crippen LogP contribution in [-0.4, -0.2) is 36.6 Å². The molecule has 2 rings (SSSR count). The fourth-order valence-corrected chi connectivity index (χ4v) is 2.79. The quantitative estimate of drug-likeness (QED) is 0.860. The van der Waals surface area contributed by atoms with E-state index in [0.717, 1.165) is 13.1 Å². The molecule has 0 spiro atoms. The lowest BCUT2D eigenvalue weighted by Gasteiger charge is -2.24. The molecule has 0 amide bonds. The van der Waals surface area contributed by atoms with Crippen LogP contribution in [0.15, 0.2) is 18.5 Å². The third-order valence-electron chi connectivity index (χ3n) is 3.58. The Labute approximate surface area is 104 Å². The van der Waals surface area contributed by atoms with E-state index >= 15 is 0 Å². The maximum atomic E-state index is 4.26. The number of aryl methyl sites for hydroxylation is 1. The summed E-state index contributed by atoms with van der Waals surface area (Å²) in [5, 5.41) is 3.30. The summed E-state index contributed by atoms with van der Waals surface area (Å²) in [5.74, 6) is 0. The molecule has 1 fully saturated rings. The number of aromatic nitrogens is 1. The predicted octanol–water partition coefficient (Wildman–Crippen LogP) is 1.82. The second-order valence-electron chi connectivity index (χ2n) is 5.67. The predicted molar refractivity (Wildman–Crippen MR) is 70.9 cm³/mol. The Morgan fingerprint density at radius 1 is 1.47 bits per heavy atom. The summed E-state index contributed by atoms with van der Waals surface area (Å²) in [4.78, 5) is 6.80. The van der Waals surface area contributed by atoms with Gasteiger partial charge in [-0.15, -0.1) is 0 Å². The van der Waals surface area contributed by atoms with Crippen molar-refractivity contribution in [1.82, 2.24) is 15.2 Å². The van der Waals surface area contributed by atoms with Gasteiger partial charge in [0.25, 0.3) is 0 Å². The zero-order valence-electron chi connectivity index (χ0n) is 11.2. The Morgan fingerprint density at radius 3 is 3.00 bits per heavy atom. The highest BCUT2D eigenvalue weighted by Crippen LogP contribution is 2.29. The van der Waals surface area contributed by atoms with Crippen LogP contribution in [0, 0.1) is 12.3 Å². The number of likely N-dealkylation sites (tertiary alicyclic amines) is 1. The molecular formula is C14H23N3. The van der Waals surface area contributed by atoms with Crippen molar-refractivity contribution in [2.24, 2.45) is 5.41 Å². The molecule has 1 aromatic rings.